The van der Waals surface area contributed by atoms with Crippen LogP contribution in [0, 0.1) is 26.7 Å². The van der Waals surface area contributed by atoms with Crippen molar-refractivity contribution in [3.05, 3.63) is 40.8 Å². The van der Waals surface area contributed by atoms with Gasteiger partial charge in [-0.1, -0.05) is 6.07 Å². The summed E-state index contributed by atoms with van der Waals surface area (Å²) < 4.78 is 1.99. The molecule has 1 fully saturated rings. The number of rotatable bonds is 5. The molecule has 3 heterocycles. The van der Waals surface area contributed by atoms with Crippen molar-refractivity contribution in [2.45, 2.75) is 33.7 Å². The molecule has 3 rings (SSSR count). The van der Waals surface area contributed by atoms with E-state index >= 15 is 0 Å². The predicted molar refractivity (Wildman–Crippen MR) is 93.5 cm³/mol. The Morgan fingerprint density at radius 1 is 1.26 bits per heavy atom. The summed E-state index contributed by atoms with van der Waals surface area (Å²) in [7, 11) is 2.03. The minimum Gasteiger partial charge on any atom is -0.370 e. The van der Waals surface area contributed by atoms with Crippen LogP contribution in [-0.2, 0) is 13.6 Å². The molecular weight excluding hydrogens is 286 g/mol. The normalized spacial score (nSPS) is 18.5. The highest BCUT2D eigenvalue weighted by molar-refractivity contribution is 5.35. The number of nitrogens with one attached hydrogen (secondary N) is 1. The van der Waals surface area contributed by atoms with Gasteiger partial charge in [-0.25, -0.2) is 4.98 Å². The Bertz CT molecular complexity index is 676. The summed E-state index contributed by atoms with van der Waals surface area (Å²) in [6.45, 7) is 10.6. The van der Waals surface area contributed by atoms with Crippen LogP contribution < -0.4 is 5.32 Å². The fraction of sp³-hybridized carbons (Fsp3) is 0.556. The standard InChI is InChI=1S/C18H27N5/c1-13-6-5-7-18(20-13)19-10-16-8-9-23(11-16)12-17-14(2)21-22(4)15(17)3/h5-7,16H,8-12H2,1-4H3,(H,19,20). The third-order valence-electron chi connectivity index (χ3n) is 4.87. The molecule has 5 nitrogen and oxygen atoms in total. The van der Waals surface area contributed by atoms with E-state index < -0.39 is 0 Å². The Morgan fingerprint density at radius 3 is 2.78 bits per heavy atom. The topological polar surface area (TPSA) is 46.0 Å². The number of hydrogen-bond donors (Lipinski definition) is 1. The number of anilines is 1. The van der Waals surface area contributed by atoms with Crippen molar-refractivity contribution < 1.29 is 0 Å². The van der Waals surface area contributed by atoms with Crippen molar-refractivity contribution in [2.75, 3.05) is 25.0 Å². The Labute approximate surface area is 138 Å². The van der Waals surface area contributed by atoms with Gasteiger partial charge >= 0.3 is 0 Å². The third-order valence-corrected chi connectivity index (χ3v) is 4.87. The maximum absolute atomic E-state index is 4.53. The first kappa shape index (κ1) is 16.0. The van der Waals surface area contributed by atoms with E-state index in [1.165, 1.54) is 24.2 Å². The molecule has 1 saturated heterocycles. The van der Waals surface area contributed by atoms with E-state index in [-0.39, 0.29) is 0 Å². The number of likely N-dealkylation sites (tertiary alicyclic amines) is 1. The van der Waals surface area contributed by atoms with Gasteiger partial charge in [-0.2, -0.15) is 5.10 Å². The molecule has 1 N–H and O–H groups in total. The van der Waals surface area contributed by atoms with Crippen molar-refractivity contribution >= 4 is 5.82 Å². The van der Waals surface area contributed by atoms with E-state index in [2.05, 4.69) is 40.2 Å². The summed E-state index contributed by atoms with van der Waals surface area (Å²) in [6, 6.07) is 6.13. The second kappa shape index (κ2) is 6.71. The highest BCUT2D eigenvalue weighted by atomic mass is 15.3. The monoisotopic (exact) mass is 313 g/mol. The van der Waals surface area contributed by atoms with Crippen LogP contribution in [0.4, 0.5) is 5.82 Å². The van der Waals surface area contributed by atoms with E-state index in [1.807, 2.05) is 30.8 Å². The lowest BCUT2D eigenvalue weighted by Crippen LogP contribution is -2.23. The molecule has 1 aliphatic heterocycles. The van der Waals surface area contributed by atoms with E-state index in [4.69, 9.17) is 0 Å². The number of aromatic nitrogens is 3. The Balaban J connectivity index is 1.52. The largest absolute Gasteiger partial charge is 0.370 e. The van der Waals surface area contributed by atoms with Crippen LogP contribution in [0.2, 0.25) is 0 Å². The number of aryl methyl sites for hydroxylation is 3. The second-order valence-electron chi connectivity index (χ2n) is 6.71. The van der Waals surface area contributed by atoms with Gasteiger partial charge in [0, 0.05) is 43.6 Å². The van der Waals surface area contributed by atoms with Crippen molar-refractivity contribution in [3.63, 3.8) is 0 Å². The van der Waals surface area contributed by atoms with Gasteiger partial charge in [-0.3, -0.25) is 9.58 Å². The first-order valence-corrected chi connectivity index (χ1v) is 8.42. The second-order valence-corrected chi connectivity index (χ2v) is 6.71. The molecule has 1 aliphatic rings. The van der Waals surface area contributed by atoms with E-state index in [9.17, 15) is 0 Å². The molecule has 0 saturated carbocycles. The Kier molecular flexibility index (Phi) is 4.66. The van der Waals surface area contributed by atoms with Crippen LogP contribution in [0.5, 0.6) is 0 Å². The van der Waals surface area contributed by atoms with Crippen molar-refractivity contribution in [3.8, 4) is 0 Å². The van der Waals surface area contributed by atoms with Gasteiger partial charge in [0.2, 0.25) is 0 Å². The average Bonchev–Trinajstić information content (AvgIpc) is 3.06. The summed E-state index contributed by atoms with van der Waals surface area (Å²) in [5, 5.41) is 8.01. The molecular formula is C18H27N5. The van der Waals surface area contributed by atoms with Crippen molar-refractivity contribution in [1.29, 1.82) is 0 Å². The average molecular weight is 313 g/mol. The molecule has 0 spiro atoms. The summed E-state index contributed by atoms with van der Waals surface area (Å²) >= 11 is 0. The van der Waals surface area contributed by atoms with Crippen LogP contribution in [0.3, 0.4) is 0 Å². The predicted octanol–water partition coefficient (Wildman–Crippen LogP) is 2.67. The summed E-state index contributed by atoms with van der Waals surface area (Å²) in [5.74, 6) is 1.68. The number of pyridine rings is 1. The Morgan fingerprint density at radius 2 is 2.09 bits per heavy atom. The van der Waals surface area contributed by atoms with Gasteiger partial charge in [-0.15, -0.1) is 0 Å². The number of hydrogen-bond acceptors (Lipinski definition) is 4. The highest BCUT2D eigenvalue weighted by Gasteiger charge is 2.24. The lowest BCUT2D eigenvalue weighted by Gasteiger charge is -2.17. The number of nitrogens with zero attached hydrogens (tertiary/aromatic N) is 4. The van der Waals surface area contributed by atoms with Crippen LogP contribution >= 0.6 is 0 Å². The van der Waals surface area contributed by atoms with Gasteiger partial charge in [0.15, 0.2) is 0 Å². The maximum atomic E-state index is 4.53. The first-order valence-electron chi connectivity index (χ1n) is 8.42. The molecule has 0 aliphatic carbocycles. The fourth-order valence-electron chi connectivity index (χ4n) is 3.38. The SMILES string of the molecule is Cc1cccc(NCC2CCN(Cc3c(C)nn(C)c3C)C2)n1. The van der Waals surface area contributed by atoms with Crippen LogP contribution in [0.1, 0.15) is 29.1 Å². The van der Waals surface area contributed by atoms with Gasteiger partial charge < -0.3 is 5.32 Å². The molecule has 2 aromatic heterocycles. The molecule has 5 heteroatoms. The zero-order valence-electron chi connectivity index (χ0n) is 14.6. The minimum atomic E-state index is 0.689. The van der Waals surface area contributed by atoms with E-state index in [0.717, 1.165) is 36.8 Å². The zero-order valence-corrected chi connectivity index (χ0v) is 14.6. The summed E-state index contributed by atoms with van der Waals surface area (Å²) in [6.07, 6.45) is 1.25. The van der Waals surface area contributed by atoms with Crippen molar-refractivity contribution in [1.82, 2.24) is 19.7 Å². The molecule has 1 atom stereocenters. The van der Waals surface area contributed by atoms with Crippen LogP contribution in [0.25, 0.3) is 0 Å². The quantitative estimate of drug-likeness (QED) is 0.922. The minimum absolute atomic E-state index is 0.689. The highest BCUT2D eigenvalue weighted by Crippen LogP contribution is 2.22. The molecule has 0 aromatic carbocycles. The lowest BCUT2D eigenvalue weighted by atomic mass is 10.1. The molecule has 124 valence electrons. The molecule has 0 radical (unpaired) electrons. The molecule has 1 unspecified atom stereocenters. The van der Waals surface area contributed by atoms with Gasteiger partial charge in [-0.05, 0) is 51.8 Å². The van der Waals surface area contributed by atoms with Crippen LogP contribution in [0.15, 0.2) is 18.2 Å². The molecule has 2 aromatic rings. The van der Waals surface area contributed by atoms with E-state index in [0.29, 0.717) is 5.92 Å². The summed E-state index contributed by atoms with van der Waals surface area (Å²) in [4.78, 5) is 7.06. The van der Waals surface area contributed by atoms with Gasteiger partial charge in [0.1, 0.15) is 5.82 Å². The molecule has 0 bridgehead atoms. The Hall–Kier alpha value is -1.88. The van der Waals surface area contributed by atoms with Crippen molar-refractivity contribution in [2.24, 2.45) is 13.0 Å². The summed E-state index contributed by atoms with van der Waals surface area (Å²) in [5.41, 5.74) is 4.90. The smallest absolute Gasteiger partial charge is 0.126 e. The molecule has 0 amide bonds. The maximum Gasteiger partial charge on any atom is 0.126 e. The van der Waals surface area contributed by atoms with E-state index in [1.54, 1.807) is 0 Å². The lowest BCUT2D eigenvalue weighted by molar-refractivity contribution is 0.317. The van der Waals surface area contributed by atoms with Gasteiger partial charge in [0.05, 0.1) is 5.69 Å². The third kappa shape index (κ3) is 3.72. The fourth-order valence-corrected chi connectivity index (χ4v) is 3.38. The van der Waals surface area contributed by atoms with Gasteiger partial charge in [0.25, 0.3) is 0 Å². The zero-order chi connectivity index (χ0) is 16.4. The first-order chi connectivity index (χ1) is 11.0. The van der Waals surface area contributed by atoms with Crippen LogP contribution in [-0.4, -0.2) is 39.3 Å². The molecule has 23 heavy (non-hydrogen) atoms.